The quantitative estimate of drug-likeness (QED) is 0.641. The molecular weight excluding hydrogens is 310 g/mol. The Morgan fingerprint density at radius 3 is 2.70 bits per heavy atom. The second-order valence-corrected chi connectivity index (χ2v) is 6.99. The van der Waals surface area contributed by atoms with E-state index in [2.05, 4.69) is 46.4 Å². The lowest BCUT2D eigenvalue weighted by Gasteiger charge is -2.21. The van der Waals surface area contributed by atoms with Gasteiger partial charge in [0, 0.05) is 34.6 Å². The number of halogens is 1. The Morgan fingerprint density at radius 2 is 1.96 bits per heavy atom. The van der Waals surface area contributed by atoms with E-state index in [9.17, 15) is 0 Å². The van der Waals surface area contributed by atoms with E-state index in [-0.39, 0.29) is 5.54 Å². The molecule has 3 N–H and O–H groups in total. The fourth-order valence-electron chi connectivity index (χ4n) is 2.32. The fraction of sp³-hybridized carbons (Fsp3) is 0.294. The van der Waals surface area contributed by atoms with Gasteiger partial charge in [-0.15, -0.1) is 0 Å². The molecular formula is C17H20ClN5. The highest BCUT2D eigenvalue weighted by Gasteiger charge is 2.13. The molecule has 3 aromatic rings. The molecule has 0 atom stereocenters. The Balaban J connectivity index is 1.97. The summed E-state index contributed by atoms with van der Waals surface area (Å²) in [6.07, 6.45) is 3.69. The summed E-state index contributed by atoms with van der Waals surface area (Å²) in [5.41, 5.74) is 2.74. The second kappa shape index (κ2) is 5.74. The van der Waals surface area contributed by atoms with Crippen LogP contribution in [0.5, 0.6) is 0 Å². The molecule has 0 aliphatic carbocycles. The number of aromatic nitrogens is 3. The smallest absolute Gasteiger partial charge is 0.225 e. The molecule has 0 saturated heterocycles. The number of H-pyrrole nitrogens is 1. The summed E-state index contributed by atoms with van der Waals surface area (Å²) in [5, 5.41) is 8.40. The van der Waals surface area contributed by atoms with Crippen LogP contribution in [0.2, 0.25) is 5.02 Å². The molecule has 23 heavy (non-hydrogen) atoms. The highest BCUT2D eigenvalue weighted by molar-refractivity contribution is 6.35. The molecule has 1 aromatic carbocycles. The fourth-order valence-corrected chi connectivity index (χ4v) is 2.54. The van der Waals surface area contributed by atoms with Gasteiger partial charge in [-0.3, -0.25) is 0 Å². The molecule has 0 radical (unpaired) electrons. The van der Waals surface area contributed by atoms with Crippen LogP contribution >= 0.6 is 11.6 Å². The highest BCUT2D eigenvalue weighted by atomic mass is 35.5. The number of nitrogens with zero attached hydrogens (tertiary/aromatic N) is 2. The van der Waals surface area contributed by atoms with Crippen LogP contribution in [0, 0.1) is 6.92 Å². The number of hydrogen-bond acceptors (Lipinski definition) is 4. The van der Waals surface area contributed by atoms with Crippen molar-refractivity contribution in [3.8, 4) is 0 Å². The molecule has 3 rings (SSSR count). The van der Waals surface area contributed by atoms with E-state index in [4.69, 9.17) is 11.6 Å². The molecule has 5 nitrogen and oxygen atoms in total. The Kier molecular flexibility index (Phi) is 3.90. The maximum absolute atomic E-state index is 6.21. The van der Waals surface area contributed by atoms with Gasteiger partial charge in [-0.2, -0.15) is 4.98 Å². The maximum atomic E-state index is 6.21. The Hall–Kier alpha value is -2.27. The van der Waals surface area contributed by atoms with Gasteiger partial charge in [-0.05, 0) is 45.9 Å². The number of fused-ring (bicyclic) bond motifs is 1. The van der Waals surface area contributed by atoms with Gasteiger partial charge in [0.05, 0.1) is 10.5 Å². The number of benzene rings is 1. The largest absolute Gasteiger partial charge is 0.360 e. The molecule has 2 aromatic heterocycles. The van der Waals surface area contributed by atoms with Gasteiger partial charge < -0.3 is 15.6 Å². The SMILES string of the molecule is Cc1cnc(NC(C)(C)C)nc1Nc1ccc(Cl)c2[nH]ccc12. The van der Waals surface area contributed by atoms with E-state index in [0.29, 0.717) is 11.0 Å². The first-order valence-electron chi connectivity index (χ1n) is 7.48. The molecule has 0 aliphatic heterocycles. The van der Waals surface area contributed by atoms with Gasteiger partial charge >= 0.3 is 0 Å². The predicted octanol–water partition coefficient (Wildman–Crippen LogP) is 4.87. The molecule has 0 unspecified atom stereocenters. The number of hydrogen-bond donors (Lipinski definition) is 3. The third-order valence-electron chi connectivity index (χ3n) is 3.38. The number of aromatic amines is 1. The van der Waals surface area contributed by atoms with Crippen molar-refractivity contribution >= 4 is 40.0 Å². The lowest BCUT2D eigenvalue weighted by atomic mass is 10.1. The zero-order valence-electron chi connectivity index (χ0n) is 13.7. The van der Waals surface area contributed by atoms with Crippen LogP contribution in [0.25, 0.3) is 10.9 Å². The molecule has 0 fully saturated rings. The van der Waals surface area contributed by atoms with E-state index in [1.807, 2.05) is 37.5 Å². The Bertz CT molecular complexity index is 848. The van der Waals surface area contributed by atoms with Gasteiger partial charge in [0.1, 0.15) is 5.82 Å². The van der Waals surface area contributed by atoms with Crippen LogP contribution in [0.3, 0.4) is 0 Å². The molecule has 6 heteroatoms. The van der Waals surface area contributed by atoms with Crippen LogP contribution in [-0.4, -0.2) is 20.5 Å². The first-order chi connectivity index (χ1) is 10.8. The van der Waals surface area contributed by atoms with Crippen LogP contribution in [0.4, 0.5) is 17.5 Å². The third kappa shape index (κ3) is 3.40. The summed E-state index contributed by atoms with van der Waals surface area (Å²) in [5.74, 6) is 1.38. The van der Waals surface area contributed by atoms with Gasteiger partial charge in [-0.25, -0.2) is 4.98 Å². The normalized spacial score (nSPS) is 11.7. The topological polar surface area (TPSA) is 65.6 Å². The minimum atomic E-state index is -0.0965. The van der Waals surface area contributed by atoms with E-state index in [0.717, 1.165) is 28.0 Å². The van der Waals surface area contributed by atoms with Gasteiger partial charge in [0.25, 0.3) is 0 Å². The number of anilines is 3. The molecule has 0 saturated carbocycles. The zero-order chi connectivity index (χ0) is 16.6. The minimum absolute atomic E-state index is 0.0965. The van der Waals surface area contributed by atoms with Crippen molar-refractivity contribution in [1.82, 2.24) is 15.0 Å². The Morgan fingerprint density at radius 1 is 1.17 bits per heavy atom. The lowest BCUT2D eigenvalue weighted by Crippen LogP contribution is -2.27. The molecule has 120 valence electrons. The molecule has 0 aliphatic rings. The van der Waals surface area contributed by atoms with Crippen molar-refractivity contribution in [2.75, 3.05) is 10.6 Å². The second-order valence-electron chi connectivity index (χ2n) is 6.59. The summed E-state index contributed by atoms with van der Waals surface area (Å²) >= 11 is 6.21. The van der Waals surface area contributed by atoms with Gasteiger partial charge in [0.2, 0.25) is 5.95 Å². The van der Waals surface area contributed by atoms with Crippen LogP contribution < -0.4 is 10.6 Å². The van der Waals surface area contributed by atoms with Crippen molar-refractivity contribution in [1.29, 1.82) is 0 Å². The van der Waals surface area contributed by atoms with Crippen molar-refractivity contribution in [2.45, 2.75) is 33.2 Å². The van der Waals surface area contributed by atoms with Crippen molar-refractivity contribution < 1.29 is 0 Å². The van der Waals surface area contributed by atoms with Crippen molar-refractivity contribution in [2.24, 2.45) is 0 Å². The first kappa shape index (κ1) is 15.6. The molecule has 0 bridgehead atoms. The summed E-state index contributed by atoms with van der Waals surface area (Å²) in [4.78, 5) is 12.1. The standard InChI is InChI=1S/C17H20ClN5/c1-10-9-20-16(23-17(2,3)4)22-15(10)21-13-6-5-12(18)14-11(13)7-8-19-14/h5-9,19H,1-4H3,(H2,20,21,22,23). The monoisotopic (exact) mass is 329 g/mol. The maximum Gasteiger partial charge on any atom is 0.225 e. The minimum Gasteiger partial charge on any atom is -0.360 e. The number of rotatable bonds is 3. The predicted molar refractivity (Wildman–Crippen MR) is 96.7 cm³/mol. The van der Waals surface area contributed by atoms with Gasteiger partial charge in [-0.1, -0.05) is 11.6 Å². The summed E-state index contributed by atoms with van der Waals surface area (Å²) < 4.78 is 0. The average molecular weight is 330 g/mol. The number of aryl methyl sites for hydroxylation is 1. The van der Waals surface area contributed by atoms with E-state index in [1.54, 1.807) is 0 Å². The number of nitrogens with one attached hydrogen (secondary N) is 3. The van der Waals surface area contributed by atoms with E-state index in [1.165, 1.54) is 0 Å². The van der Waals surface area contributed by atoms with Crippen molar-refractivity contribution in [3.05, 3.63) is 41.2 Å². The van der Waals surface area contributed by atoms with Crippen molar-refractivity contribution in [3.63, 3.8) is 0 Å². The van der Waals surface area contributed by atoms with Crippen LogP contribution in [0.15, 0.2) is 30.6 Å². The van der Waals surface area contributed by atoms with Gasteiger partial charge in [0.15, 0.2) is 0 Å². The van der Waals surface area contributed by atoms with E-state index >= 15 is 0 Å². The van der Waals surface area contributed by atoms with Crippen LogP contribution in [-0.2, 0) is 0 Å². The third-order valence-corrected chi connectivity index (χ3v) is 3.70. The molecule has 2 heterocycles. The summed E-state index contributed by atoms with van der Waals surface area (Å²) in [6, 6.07) is 5.82. The average Bonchev–Trinajstić information content (AvgIpc) is 2.94. The summed E-state index contributed by atoms with van der Waals surface area (Å²) in [7, 11) is 0. The highest BCUT2D eigenvalue weighted by Crippen LogP contribution is 2.31. The van der Waals surface area contributed by atoms with Crippen LogP contribution in [0.1, 0.15) is 26.3 Å². The van der Waals surface area contributed by atoms with E-state index < -0.39 is 0 Å². The molecule has 0 amide bonds. The molecule has 0 spiro atoms. The summed E-state index contributed by atoms with van der Waals surface area (Å²) in [6.45, 7) is 8.21. The first-order valence-corrected chi connectivity index (χ1v) is 7.86. The Labute approximate surface area is 140 Å². The zero-order valence-corrected chi connectivity index (χ0v) is 14.4. The lowest BCUT2D eigenvalue weighted by molar-refractivity contribution is 0.626.